The van der Waals surface area contributed by atoms with Crippen LogP contribution >= 0.6 is 7.82 Å². The van der Waals surface area contributed by atoms with E-state index in [0.717, 1.165) is 6.92 Å². The van der Waals surface area contributed by atoms with Gasteiger partial charge in [-0.2, -0.15) is 0 Å². The standard InChI is InChI=1S/C4H10NO7P/c1-4(8,2(5)3(6)7)12-13(9,10)11/h2,8H,5H2,1H3,(H,6,7)(H2,9,10,11). The van der Waals surface area contributed by atoms with Crippen LogP contribution < -0.4 is 5.73 Å². The molecule has 0 amide bonds. The molecule has 0 rings (SSSR count). The number of phosphoric acid groups is 1. The van der Waals surface area contributed by atoms with E-state index in [4.69, 9.17) is 25.7 Å². The SMILES string of the molecule is CC(O)(OP(=O)(O)O)C(N)C(=O)O. The highest BCUT2D eigenvalue weighted by Gasteiger charge is 2.41. The Balaban J connectivity index is 4.58. The van der Waals surface area contributed by atoms with Gasteiger partial charge in [0.05, 0.1) is 0 Å². The van der Waals surface area contributed by atoms with E-state index in [1.807, 2.05) is 0 Å². The molecule has 2 unspecified atom stereocenters. The molecule has 0 aromatic heterocycles. The van der Waals surface area contributed by atoms with Gasteiger partial charge in [0.1, 0.15) is 0 Å². The van der Waals surface area contributed by atoms with Gasteiger partial charge in [-0.3, -0.25) is 9.32 Å². The number of aliphatic hydroxyl groups is 1. The van der Waals surface area contributed by atoms with Gasteiger partial charge in [-0.25, -0.2) is 4.57 Å². The molecule has 13 heavy (non-hydrogen) atoms. The Morgan fingerprint density at radius 2 is 2.00 bits per heavy atom. The Hall–Kier alpha value is -0.500. The Morgan fingerprint density at radius 1 is 1.62 bits per heavy atom. The van der Waals surface area contributed by atoms with Crippen LogP contribution in [0.25, 0.3) is 0 Å². The monoisotopic (exact) mass is 215 g/mol. The number of hydrogen-bond donors (Lipinski definition) is 5. The molecule has 78 valence electrons. The van der Waals surface area contributed by atoms with Gasteiger partial charge in [0.15, 0.2) is 11.8 Å². The lowest BCUT2D eigenvalue weighted by atomic mass is 10.1. The zero-order valence-corrected chi connectivity index (χ0v) is 7.51. The number of hydrogen-bond acceptors (Lipinski definition) is 5. The summed E-state index contributed by atoms with van der Waals surface area (Å²) in [5.74, 6) is -4.26. The Kier molecular flexibility index (Phi) is 3.56. The molecule has 0 saturated heterocycles. The quantitative estimate of drug-likeness (QED) is 0.272. The van der Waals surface area contributed by atoms with Crippen LogP contribution in [-0.4, -0.2) is 37.8 Å². The van der Waals surface area contributed by atoms with Gasteiger partial charge in [-0.05, 0) is 6.92 Å². The molecule has 0 saturated carbocycles. The van der Waals surface area contributed by atoms with E-state index in [9.17, 15) is 9.36 Å². The minimum atomic E-state index is -4.97. The fraction of sp³-hybridized carbons (Fsp3) is 0.750. The van der Waals surface area contributed by atoms with Crippen LogP contribution in [0.4, 0.5) is 0 Å². The molecular formula is C4H10NO7P. The highest BCUT2D eigenvalue weighted by atomic mass is 31.2. The summed E-state index contributed by atoms with van der Waals surface area (Å²) >= 11 is 0. The second-order valence-corrected chi connectivity index (χ2v) is 3.62. The summed E-state index contributed by atoms with van der Waals surface area (Å²) in [4.78, 5) is 26.7. The third kappa shape index (κ3) is 4.32. The van der Waals surface area contributed by atoms with E-state index >= 15 is 0 Å². The second kappa shape index (κ2) is 3.70. The lowest BCUT2D eigenvalue weighted by Gasteiger charge is -2.26. The van der Waals surface area contributed by atoms with Crippen molar-refractivity contribution in [2.24, 2.45) is 5.73 Å². The molecular weight excluding hydrogens is 205 g/mol. The molecule has 0 spiro atoms. The molecule has 0 aromatic carbocycles. The first-order chi connectivity index (χ1) is 5.56. The highest BCUT2D eigenvalue weighted by Crippen LogP contribution is 2.41. The summed E-state index contributed by atoms with van der Waals surface area (Å²) in [6.07, 6.45) is 0. The predicted molar refractivity (Wildman–Crippen MR) is 39.4 cm³/mol. The van der Waals surface area contributed by atoms with Gasteiger partial charge in [0.2, 0.25) is 0 Å². The summed E-state index contributed by atoms with van der Waals surface area (Å²) in [6, 6.07) is -1.94. The van der Waals surface area contributed by atoms with Crippen LogP contribution in [0, 0.1) is 0 Å². The lowest BCUT2D eigenvalue weighted by Crippen LogP contribution is -2.52. The largest absolute Gasteiger partial charge is 0.480 e. The molecule has 8 nitrogen and oxygen atoms in total. The van der Waals surface area contributed by atoms with Gasteiger partial charge in [-0.15, -0.1) is 0 Å². The highest BCUT2D eigenvalue weighted by molar-refractivity contribution is 7.46. The molecule has 0 fully saturated rings. The summed E-state index contributed by atoms with van der Waals surface area (Å²) in [7, 11) is -4.97. The summed E-state index contributed by atoms with van der Waals surface area (Å²) < 4.78 is 14.0. The van der Waals surface area contributed by atoms with Crippen LogP contribution in [0.3, 0.4) is 0 Å². The van der Waals surface area contributed by atoms with Gasteiger partial charge in [0.25, 0.3) is 0 Å². The third-order valence-corrected chi connectivity index (χ3v) is 1.75. The van der Waals surface area contributed by atoms with Gasteiger partial charge in [0, 0.05) is 0 Å². The molecule has 0 aromatic rings. The van der Waals surface area contributed by atoms with Crippen molar-refractivity contribution >= 4 is 13.8 Å². The maximum Gasteiger partial charge on any atom is 0.472 e. The summed E-state index contributed by atoms with van der Waals surface area (Å²) in [5.41, 5.74) is 4.88. The normalized spacial score (nSPS) is 19.2. The van der Waals surface area contributed by atoms with Crippen molar-refractivity contribution in [3.8, 4) is 0 Å². The summed E-state index contributed by atoms with van der Waals surface area (Å²) in [5, 5.41) is 17.4. The van der Waals surface area contributed by atoms with Crippen LogP contribution in [-0.2, 0) is 13.9 Å². The molecule has 0 heterocycles. The summed E-state index contributed by atoms with van der Waals surface area (Å²) in [6.45, 7) is 0.741. The minimum Gasteiger partial charge on any atom is -0.480 e. The molecule has 0 aliphatic rings. The molecule has 9 heteroatoms. The first-order valence-electron chi connectivity index (χ1n) is 3.03. The average molecular weight is 215 g/mol. The van der Waals surface area contributed by atoms with E-state index < -0.39 is 25.6 Å². The number of carboxylic acids is 1. The van der Waals surface area contributed by atoms with Crippen molar-refractivity contribution in [1.29, 1.82) is 0 Å². The molecule has 0 bridgehead atoms. The van der Waals surface area contributed by atoms with Crippen LogP contribution in [0.2, 0.25) is 0 Å². The Bertz CT molecular complexity index is 245. The number of rotatable bonds is 4. The number of carboxylic acid groups (broad SMARTS) is 1. The predicted octanol–water partition coefficient (Wildman–Crippen LogP) is -1.78. The van der Waals surface area contributed by atoms with E-state index in [2.05, 4.69) is 4.52 Å². The molecule has 6 N–H and O–H groups in total. The maximum atomic E-state index is 10.2. The molecule has 0 aliphatic heterocycles. The van der Waals surface area contributed by atoms with Crippen LogP contribution in [0.15, 0.2) is 0 Å². The van der Waals surface area contributed by atoms with Crippen LogP contribution in [0.1, 0.15) is 6.92 Å². The molecule has 0 aliphatic carbocycles. The van der Waals surface area contributed by atoms with Crippen molar-refractivity contribution in [3.05, 3.63) is 0 Å². The van der Waals surface area contributed by atoms with E-state index in [0.29, 0.717) is 0 Å². The number of nitrogens with two attached hydrogens (primary N) is 1. The fourth-order valence-corrected chi connectivity index (χ4v) is 1.12. The smallest absolute Gasteiger partial charge is 0.472 e. The lowest BCUT2D eigenvalue weighted by molar-refractivity contribution is -0.174. The topological polar surface area (TPSA) is 150 Å². The molecule has 2 atom stereocenters. The van der Waals surface area contributed by atoms with Gasteiger partial charge >= 0.3 is 13.8 Å². The Labute approximate surface area is 73.2 Å². The zero-order chi connectivity index (χ0) is 10.9. The van der Waals surface area contributed by atoms with Gasteiger partial charge < -0.3 is 25.7 Å². The van der Waals surface area contributed by atoms with Crippen molar-refractivity contribution in [1.82, 2.24) is 0 Å². The Morgan fingerprint density at radius 3 is 2.23 bits per heavy atom. The third-order valence-electron chi connectivity index (χ3n) is 1.15. The number of phosphoric ester groups is 1. The van der Waals surface area contributed by atoms with Crippen molar-refractivity contribution in [2.75, 3.05) is 0 Å². The fourth-order valence-electron chi connectivity index (χ4n) is 0.527. The van der Waals surface area contributed by atoms with Crippen molar-refractivity contribution in [3.63, 3.8) is 0 Å². The van der Waals surface area contributed by atoms with Crippen molar-refractivity contribution in [2.45, 2.75) is 18.8 Å². The van der Waals surface area contributed by atoms with E-state index in [1.54, 1.807) is 0 Å². The van der Waals surface area contributed by atoms with Crippen LogP contribution in [0.5, 0.6) is 0 Å². The number of aliphatic carboxylic acids is 1. The van der Waals surface area contributed by atoms with E-state index in [1.165, 1.54) is 0 Å². The minimum absolute atomic E-state index is 0.741. The van der Waals surface area contributed by atoms with Gasteiger partial charge in [-0.1, -0.05) is 0 Å². The first kappa shape index (κ1) is 12.5. The number of carbonyl (C=O) groups is 1. The zero-order valence-electron chi connectivity index (χ0n) is 6.62. The maximum absolute atomic E-state index is 10.2. The second-order valence-electron chi connectivity index (χ2n) is 2.45. The average Bonchev–Trinajstić information content (AvgIpc) is 1.80. The van der Waals surface area contributed by atoms with E-state index in [-0.39, 0.29) is 0 Å². The molecule has 0 radical (unpaired) electrons. The first-order valence-corrected chi connectivity index (χ1v) is 4.56. The van der Waals surface area contributed by atoms with Crippen molar-refractivity contribution < 1.29 is 33.9 Å².